The average molecular weight is 295 g/mol. The summed E-state index contributed by atoms with van der Waals surface area (Å²) in [6, 6.07) is 3.01. The van der Waals surface area contributed by atoms with E-state index in [0.29, 0.717) is 0 Å². The largest absolute Gasteiger partial charge is 0.355 e. The van der Waals surface area contributed by atoms with Crippen molar-refractivity contribution in [1.29, 1.82) is 0 Å². The van der Waals surface area contributed by atoms with E-state index in [2.05, 4.69) is 10.0 Å². The van der Waals surface area contributed by atoms with Crippen LogP contribution >= 0.6 is 11.6 Å². The predicted octanol–water partition coefficient (Wildman–Crippen LogP) is 0.893. The lowest BCUT2D eigenvalue weighted by Crippen LogP contribution is -2.33. The van der Waals surface area contributed by atoms with Crippen LogP contribution < -0.4 is 10.0 Å². The molecule has 0 heterocycles. The zero-order chi connectivity index (χ0) is 13.8. The number of rotatable bonds is 5. The lowest BCUT2D eigenvalue weighted by molar-refractivity contribution is -0.118. The van der Waals surface area contributed by atoms with Crippen LogP contribution in [0.2, 0.25) is 5.02 Å². The molecule has 0 fully saturated rings. The Hall–Kier alpha value is -1.18. The molecule has 0 aliphatic heterocycles. The first kappa shape index (κ1) is 14.9. The van der Waals surface area contributed by atoms with Crippen LogP contribution in [-0.2, 0) is 14.8 Å². The minimum atomic E-state index is -3.81. The van der Waals surface area contributed by atoms with E-state index in [1.807, 2.05) is 0 Å². The monoisotopic (exact) mass is 294 g/mol. The van der Waals surface area contributed by atoms with Gasteiger partial charge in [-0.3, -0.25) is 4.79 Å². The molecule has 0 aliphatic rings. The first-order chi connectivity index (χ1) is 8.33. The molecule has 0 saturated heterocycles. The third kappa shape index (κ3) is 4.25. The van der Waals surface area contributed by atoms with Gasteiger partial charge in [0.25, 0.3) is 0 Å². The van der Waals surface area contributed by atoms with Crippen molar-refractivity contribution < 1.29 is 17.6 Å². The minimum absolute atomic E-state index is 0.0234. The molecule has 0 saturated carbocycles. The SMILES string of the molecule is CC(=O)NCCNS(=O)(=O)c1ccc(F)cc1Cl. The Kier molecular flexibility index (Phi) is 5.06. The molecule has 2 N–H and O–H groups in total. The lowest BCUT2D eigenvalue weighted by atomic mass is 10.3. The number of halogens is 2. The maximum Gasteiger partial charge on any atom is 0.242 e. The first-order valence-electron chi connectivity index (χ1n) is 5.02. The Morgan fingerprint density at radius 1 is 1.39 bits per heavy atom. The Morgan fingerprint density at radius 2 is 2.06 bits per heavy atom. The van der Waals surface area contributed by atoms with E-state index < -0.39 is 15.8 Å². The molecular formula is C10H12ClFN2O3S. The zero-order valence-electron chi connectivity index (χ0n) is 9.54. The Balaban J connectivity index is 2.71. The van der Waals surface area contributed by atoms with E-state index in [9.17, 15) is 17.6 Å². The summed E-state index contributed by atoms with van der Waals surface area (Å²) in [6.45, 7) is 1.51. The van der Waals surface area contributed by atoms with Gasteiger partial charge in [-0.05, 0) is 18.2 Å². The van der Waals surface area contributed by atoms with Gasteiger partial charge in [-0.1, -0.05) is 11.6 Å². The van der Waals surface area contributed by atoms with E-state index >= 15 is 0 Å². The molecule has 1 aromatic carbocycles. The molecule has 0 aliphatic carbocycles. The standard InChI is InChI=1S/C10H12ClFN2O3S/c1-7(15)13-4-5-14-18(16,17)10-3-2-8(12)6-9(10)11/h2-3,6,14H,4-5H2,1H3,(H,13,15). The molecule has 18 heavy (non-hydrogen) atoms. The molecule has 1 amide bonds. The van der Waals surface area contributed by atoms with Crippen LogP contribution in [0.1, 0.15) is 6.92 Å². The molecule has 5 nitrogen and oxygen atoms in total. The number of hydrogen-bond donors (Lipinski definition) is 2. The van der Waals surface area contributed by atoms with E-state index in [4.69, 9.17) is 11.6 Å². The van der Waals surface area contributed by atoms with Gasteiger partial charge in [-0.25, -0.2) is 17.5 Å². The van der Waals surface area contributed by atoms with Crippen molar-refractivity contribution in [2.24, 2.45) is 0 Å². The Morgan fingerprint density at radius 3 is 2.61 bits per heavy atom. The number of sulfonamides is 1. The van der Waals surface area contributed by atoms with Gasteiger partial charge in [0, 0.05) is 20.0 Å². The predicted molar refractivity (Wildman–Crippen MR) is 65.3 cm³/mol. The third-order valence-corrected chi connectivity index (χ3v) is 3.92. The van der Waals surface area contributed by atoms with Crippen LogP contribution in [-0.4, -0.2) is 27.4 Å². The maximum atomic E-state index is 12.8. The first-order valence-corrected chi connectivity index (χ1v) is 6.88. The number of carbonyl (C=O) groups excluding carboxylic acids is 1. The average Bonchev–Trinajstić information content (AvgIpc) is 2.23. The number of amides is 1. The highest BCUT2D eigenvalue weighted by Crippen LogP contribution is 2.21. The second-order valence-corrected chi connectivity index (χ2v) is 5.60. The van der Waals surface area contributed by atoms with Gasteiger partial charge < -0.3 is 5.32 Å². The van der Waals surface area contributed by atoms with E-state index in [0.717, 1.165) is 18.2 Å². The zero-order valence-corrected chi connectivity index (χ0v) is 11.1. The van der Waals surface area contributed by atoms with Gasteiger partial charge in [0.2, 0.25) is 15.9 Å². The summed E-state index contributed by atoms with van der Waals surface area (Å²) in [6.07, 6.45) is 0. The van der Waals surface area contributed by atoms with Gasteiger partial charge >= 0.3 is 0 Å². The minimum Gasteiger partial charge on any atom is -0.355 e. The molecule has 0 bridgehead atoms. The third-order valence-electron chi connectivity index (χ3n) is 1.97. The van der Waals surface area contributed by atoms with Crippen molar-refractivity contribution in [3.8, 4) is 0 Å². The molecule has 0 spiro atoms. The highest BCUT2D eigenvalue weighted by atomic mass is 35.5. The van der Waals surface area contributed by atoms with E-state index in [-0.39, 0.29) is 28.9 Å². The smallest absolute Gasteiger partial charge is 0.242 e. The van der Waals surface area contributed by atoms with Crippen molar-refractivity contribution in [3.05, 3.63) is 29.0 Å². The highest BCUT2D eigenvalue weighted by molar-refractivity contribution is 7.89. The van der Waals surface area contributed by atoms with E-state index in [1.165, 1.54) is 6.92 Å². The van der Waals surface area contributed by atoms with Crippen LogP contribution in [0, 0.1) is 5.82 Å². The van der Waals surface area contributed by atoms with Crippen LogP contribution in [0.4, 0.5) is 4.39 Å². The number of nitrogens with one attached hydrogen (secondary N) is 2. The van der Waals surface area contributed by atoms with Crippen molar-refractivity contribution in [2.45, 2.75) is 11.8 Å². The highest BCUT2D eigenvalue weighted by Gasteiger charge is 2.17. The lowest BCUT2D eigenvalue weighted by Gasteiger charge is -2.08. The van der Waals surface area contributed by atoms with Gasteiger partial charge in [0.05, 0.1) is 5.02 Å². The Bertz CT molecular complexity index is 548. The number of benzene rings is 1. The van der Waals surface area contributed by atoms with Crippen LogP contribution in [0.5, 0.6) is 0 Å². The van der Waals surface area contributed by atoms with Crippen LogP contribution in [0.3, 0.4) is 0 Å². The molecule has 100 valence electrons. The molecular weight excluding hydrogens is 283 g/mol. The fourth-order valence-corrected chi connectivity index (χ4v) is 2.76. The summed E-state index contributed by atoms with van der Waals surface area (Å²) in [7, 11) is -3.81. The summed E-state index contributed by atoms with van der Waals surface area (Å²) in [5, 5.41) is 2.24. The van der Waals surface area contributed by atoms with Gasteiger partial charge in [-0.15, -0.1) is 0 Å². The topological polar surface area (TPSA) is 75.3 Å². The maximum absolute atomic E-state index is 12.8. The second-order valence-electron chi connectivity index (χ2n) is 3.46. The molecule has 0 aromatic heterocycles. The number of hydrogen-bond acceptors (Lipinski definition) is 3. The van der Waals surface area contributed by atoms with Crippen molar-refractivity contribution in [2.75, 3.05) is 13.1 Å². The van der Waals surface area contributed by atoms with Crippen LogP contribution in [0.15, 0.2) is 23.1 Å². The van der Waals surface area contributed by atoms with Crippen molar-refractivity contribution in [1.82, 2.24) is 10.0 Å². The fourth-order valence-electron chi connectivity index (χ4n) is 1.19. The van der Waals surface area contributed by atoms with Gasteiger partial charge in [-0.2, -0.15) is 0 Å². The quantitative estimate of drug-likeness (QED) is 0.792. The summed E-state index contributed by atoms with van der Waals surface area (Å²) in [4.78, 5) is 10.4. The van der Waals surface area contributed by atoms with Crippen LogP contribution in [0.25, 0.3) is 0 Å². The summed E-state index contributed by atoms with van der Waals surface area (Å²) >= 11 is 5.65. The van der Waals surface area contributed by atoms with Crippen molar-refractivity contribution in [3.63, 3.8) is 0 Å². The molecule has 8 heteroatoms. The summed E-state index contributed by atoms with van der Waals surface area (Å²) < 4.78 is 38.6. The molecule has 0 atom stereocenters. The Labute approximate surface area is 109 Å². The van der Waals surface area contributed by atoms with Crippen molar-refractivity contribution >= 4 is 27.5 Å². The normalized spacial score (nSPS) is 11.3. The molecule has 0 unspecified atom stereocenters. The van der Waals surface area contributed by atoms with E-state index in [1.54, 1.807) is 0 Å². The summed E-state index contributed by atoms with van der Waals surface area (Å²) in [5.41, 5.74) is 0. The van der Waals surface area contributed by atoms with Gasteiger partial charge in [0.15, 0.2) is 0 Å². The molecule has 1 aromatic rings. The summed E-state index contributed by atoms with van der Waals surface area (Å²) in [5.74, 6) is -0.869. The molecule has 1 rings (SSSR count). The fraction of sp³-hybridized carbons (Fsp3) is 0.300. The number of carbonyl (C=O) groups is 1. The molecule has 0 radical (unpaired) electrons. The second kappa shape index (κ2) is 6.12. The van der Waals surface area contributed by atoms with Gasteiger partial charge in [0.1, 0.15) is 10.7 Å².